The number of halogens is 2. The monoisotopic (exact) mass is 300 g/mol. The van der Waals surface area contributed by atoms with Gasteiger partial charge >= 0.3 is 0 Å². The molecule has 3 aromatic rings. The molecule has 0 saturated carbocycles. The minimum absolute atomic E-state index is 0.289. The van der Waals surface area contributed by atoms with Crippen LogP contribution in [0, 0.1) is 5.82 Å². The van der Waals surface area contributed by atoms with Crippen LogP contribution in [0.2, 0.25) is 5.02 Å². The zero-order valence-corrected chi connectivity index (χ0v) is 11.9. The fourth-order valence-electron chi connectivity index (χ4n) is 2.49. The fourth-order valence-corrected chi connectivity index (χ4v) is 2.76. The lowest BCUT2D eigenvalue weighted by atomic mass is 9.96. The van der Waals surface area contributed by atoms with E-state index in [0.717, 1.165) is 21.9 Å². The number of benzene rings is 3. The molecule has 0 saturated heterocycles. The van der Waals surface area contributed by atoms with Gasteiger partial charge in [-0.1, -0.05) is 54.1 Å². The molecule has 0 aliphatic carbocycles. The minimum Gasteiger partial charge on any atom is -0.271 e. The third kappa shape index (κ3) is 2.76. The van der Waals surface area contributed by atoms with Crippen LogP contribution < -0.4 is 11.3 Å². The molecular formula is C17H14ClFN2. The van der Waals surface area contributed by atoms with Gasteiger partial charge in [0, 0.05) is 5.02 Å². The van der Waals surface area contributed by atoms with Gasteiger partial charge in [-0.2, -0.15) is 0 Å². The lowest BCUT2D eigenvalue weighted by Gasteiger charge is -2.19. The summed E-state index contributed by atoms with van der Waals surface area (Å²) in [6, 6.07) is 18.2. The molecule has 3 rings (SSSR count). The van der Waals surface area contributed by atoms with E-state index in [-0.39, 0.29) is 11.9 Å². The van der Waals surface area contributed by atoms with Gasteiger partial charge in [-0.05, 0) is 40.1 Å². The van der Waals surface area contributed by atoms with Crippen LogP contribution in [0.15, 0.2) is 60.7 Å². The van der Waals surface area contributed by atoms with E-state index in [4.69, 9.17) is 17.4 Å². The number of hydrogen-bond acceptors (Lipinski definition) is 2. The molecule has 2 nitrogen and oxygen atoms in total. The van der Waals surface area contributed by atoms with Gasteiger partial charge in [0.1, 0.15) is 5.82 Å². The van der Waals surface area contributed by atoms with E-state index in [1.54, 1.807) is 6.07 Å². The Hall–Kier alpha value is -1.94. The van der Waals surface area contributed by atoms with E-state index in [1.165, 1.54) is 12.1 Å². The van der Waals surface area contributed by atoms with Gasteiger partial charge in [-0.25, -0.2) is 9.82 Å². The fraction of sp³-hybridized carbons (Fsp3) is 0.0588. The average Bonchev–Trinajstić information content (AvgIpc) is 2.50. The van der Waals surface area contributed by atoms with E-state index in [9.17, 15) is 4.39 Å². The first kappa shape index (κ1) is 14.0. The molecule has 0 fully saturated rings. The quantitative estimate of drug-likeness (QED) is 0.562. The Kier molecular flexibility index (Phi) is 3.88. The minimum atomic E-state index is -0.363. The Morgan fingerprint density at radius 1 is 0.952 bits per heavy atom. The lowest BCUT2D eigenvalue weighted by molar-refractivity contribution is 0.616. The summed E-state index contributed by atoms with van der Waals surface area (Å²) in [5, 5.41) is 2.63. The van der Waals surface area contributed by atoms with E-state index in [1.807, 2.05) is 30.3 Å². The average molecular weight is 301 g/mol. The van der Waals surface area contributed by atoms with Crippen molar-refractivity contribution in [2.75, 3.05) is 0 Å². The van der Waals surface area contributed by atoms with Gasteiger partial charge in [-0.15, -0.1) is 0 Å². The van der Waals surface area contributed by atoms with Crippen molar-refractivity contribution in [3.63, 3.8) is 0 Å². The molecule has 0 heterocycles. The molecule has 0 spiro atoms. The van der Waals surface area contributed by atoms with Gasteiger partial charge < -0.3 is 0 Å². The summed E-state index contributed by atoms with van der Waals surface area (Å²) in [6.07, 6.45) is 0. The molecule has 0 aliphatic heterocycles. The highest BCUT2D eigenvalue weighted by Gasteiger charge is 2.16. The first-order valence-electron chi connectivity index (χ1n) is 6.59. The van der Waals surface area contributed by atoms with Gasteiger partial charge in [0.15, 0.2) is 0 Å². The van der Waals surface area contributed by atoms with Gasteiger partial charge in [0.05, 0.1) is 6.04 Å². The van der Waals surface area contributed by atoms with Crippen LogP contribution in [0.3, 0.4) is 0 Å². The van der Waals surface area contributed by atoms with E-state index in [0.29, 0.717) is 5.02 Å². The molecule has 0 bridgehead atoms. The Labute approximate surface area is 127 Å². The Balaban J connectivity index is 2.09. The highest BCUT2D eigenvalue weighted by Crippen LogP contribution is 2.30. The summed E-state index contributed by atoms with van der Waals surface area (Å²) in [7, 11) is 0. The van der Waals surface area contributed by atoms with E-state index in [2.05, 4.69) is 17.6 Å². The molecule has 21 heavy (non-hydrogen) atoms. The van der Waals surface area contributed by atoms with Crippen LogP contribution in [0.5, 0.6) is 0 Å². The molecule has 0 radical (unpaired) electrons. The number of hydrazine groups is 1. The molecule has 3 N–H and O–H groups in total. The van der Waals surface area contributed by atoms with Crippen molar-refractivity contribution in [1.82, 2.24) is 5.43 Å². The maximum Gasteiger partial charge on any atom is 0.124 e. The SMILES string of the molecule is NNC(c1ccc2ccccc2c1)c1ccc(F)cc1Cl. The molecule has 1 atom stereocenters. The summed E-state index contributed by atoms with van der Waals surface area (Å²) in [6.45, 7) is 0. The van der Waals surface area contributed by atoms with Gasteiger partial charge in [-0.3, -0.25) is 5.84 Å². The van der Waals surface area contributed by atoms with Crippen LogP contribution >= 0.6 is 11.6 Å². The maximum atomic E-state index is 13.2. The topological polar surface area (TPSA) is 38.0 Å². The predicted octanol–water partition coefficient (Wildman–Crippen LogP) is 4.19. The molecule has 0 amide bonds. The molecule has 106 valence electrons. The highest BCUT2D eigenvalue weighted by molar-refractivity contribution is 6.31. The summed E-state index contributed by atoms with van der Waals surface area (Å²) in [5.74, 6) is 5.32. The van der Waals surface area contributed by atoms with Crippen molar-refractivity contribution in [1.29, 1.82) is 0 Å². The molecule has 0 aliphatic rings. The second-order valence-electron chi connectivity index (χ2n) is 4.87. The molecule has 0 aromatic heterocycles. The van der Waals surface area contributed by atoms with Crippen molar-refractivity contribution in [3.8, 4) is 0 Å². The van der Waals surface area contributed by atoms with Crippen molar-refractivity contribution < 1.29 is 4.39 Å². The first-order valence-corrected chi connectivity index (χ1v) is 6.96. The van der Waals surface area contributed by atoms with Crippen molar-refractivity contribution in [2.24, 2.45) is 5.84 Å². The first-order chi connectivity index (χ1) is 10.2. The number of rotatable bonds is 3. The molecule has 1 unspecified atom stereocenters. The number of hydrogen-bond donors (Lipinski definition) is 2. The molecule has 3 aromatic carbocycles. The van der Waals surface area contributed by atoms with E-state index >= 15 is 0 Å². The van der Waals surface area contributed by atoms with Crippen LogP contribution in [-0.2, 0) is 0 Å². The Bertz CT molecular complexity index is 789. The third-order valence-electron chi connectivity index (χ3n) is 3.55. The largest absolute Gasteiger partial charge is 0.271 e. The number of nitrogens with two attached hydrogens (primary N) is 1. The number of fused-ring (bicyclic) bond motifs is 1. The summed E-state index contributed by atoms with van der Waals surface area (Å²) < 4.78 is 13.2. The zero-order chi connectivity index (χ0) is 14.8. The number of nitrogens with one attached hydrogen (secondary N) is 1. The van der Waals surface area contributed by atoms with Crippen LogP contribution in [0.4, 0.5) is 4.39 Å². The third-order valence-corrected chi connectivity index (χ3v) is 3.87. The van der Waals surface area contributed by atoms with E-state index < -0.39 is 0 Å². The smallest absolute Gasteiger partial charge is 0.124 e. The zero-order valence-electron chi connectivity index (χ0n) is 11.2. The van der Waals surface area contributed by atoms with Crippen LogP contribution in [-0.4, -0.2) is 0 Å². The predicted molar refractivity (Wildman–Crippen MR) is 84.5 cm³/mol. The summed E-state index contributed by atoms with van der Waals surface area (Å²) in [4.78, 5) is 0. The highest BCUT2D eigenvalue weighted by atomic mass is 35.5. The maximum absolute atomic E-state index is 13.2. The van der Waals surface area contributed by atoms with Crippen molar-refractivity contribution >= 4 is 22.4 Å². The normalized spacial score (nSPS) is 12.5. The molecular weight excluding hydrogens is 287 g/mol. The van der Waals surface area contributed by atoms with Crippen molar-refractivity contribution in [2.45, 2.75) is 6.04 Å². The second-order valence-corrected chi connectivity index (χ2v) is 5.28. The standard InChI is InChI=1S/C17H14ClFN2/c18-16-10-14(19)7-8-15(16)17(21-20)13-6-5-11-3-1-2-4-12(11)9-13/h1-10,17,21H,20H2. The van der Waals surface area contributed by atoms with Crippen LogP contribution in [0.1, 0.15) is 17.2 Å². The van der Waals surface area contributed by atoms with Crippen molar-refractivity contribution in [3.05, 3.63) is 82.6 Å². The Morgan fingerprint density at radius 2 is 1.71 bits per heavy atom. The van der Waals surface area contributed by atoms with Crippen LogP contribution in [0.25, 0.3) is 10.8 Å². The summed E-state index contributed by atoms with van der Waals surface area (Å²) >= 11 is 6.14. The lowest BCUT2D eigenvalue weighted by Crippen LogP contribution is -2.29. The molecule has 4 heteroatoms. The Morgan fingerprint density at radius 3 is 2.43 bits per heavy atom. The van der Waals surface area contributed by atoms with Gasteiger partial charge in [0.2, 0.25) is 0 Å². The second kappa shape index (κ2) is 5.82. The summed E-state index contributed by atoms with van der Waals surface area (Å²) in [5.41, 5.74) is 4.48. The van der Waals surface area contributed by atoms with Gasteiger partial charge in [0.25, 0.3) is 0 Å².